The molecule has 2 aromatic rings. The van der Waals surface area contributed by atoms with Gasteiger partial charge >= 0.3 is 11.9 Å². The minimum absolute atomic E-state index is 0.0693. The van der Waals surface area contributed by atoms with E-state index in [0.29, 0.717) is 31.2 Å². The molecule has 4 nitrogen and oxygen atoms in total. The topological polar surface area (TPSA) is 74.6 Å². The van der Waals surface area contributed by atoms with Crippen LogP contribution in [0.25, 0.3) is 11.1 Å². The van der Waals surface area contributed by atoms with Crippen LogP contribution in [0.2, 0.25) is 0 Å². The second-order valence-corrected chi connectivity index (χ2v) is 6.73. The van der Waals surface area contributed by atoms with Crippen LogP contribution in [0.5, 0.6) is 0 Å². The average molecular weight is 428 g/mol. The van der Waals surface area contributed by atoms with Crippen molar-refractivity contribution in [2.24, 2.45) is 0 Å². The molecule has 0 aliphatic carbocycles. The van der Waals surface area contributed by atoms with E-state index >= 15 is 0 Å². The molecule has 22 heavy (non-hydrogen) atoms. The van der Waals surface area contributed by atoms with Gasteiger partial charge in [-0.2, -0.15) is 0 Å². The number of aryl methyl sites for hydroxylation is 2. The van der Waals surface area contributed by atoms with Gasteiger partial charge in [0.1, 0.15) is 0 Å². The molecule has 0 atom stereocenters. The van der Waals surface area contributed by atoms with Gasteiger partial charge in [0, 0.05) is 20.1 Å². The maximum Gasteiger partial charge on any atom is 0.336 e. The summed E-state index contributed by atoms with van der Waals surface area (Å²) in [6.45, 7) is 3.53. The fourth-order valence-corrected chi connectivity index (χ4v) is 3.63. The highest BCUT2D eigenvalue weighted by Crippen LogP contribution is 2.36. The Balaban J connectivity index is 2.94. The molecular formula is C16H12Br2O4. The molecule has 0 unspecified atom stereocenters. The molecule has 0 heterocycles. The second-order valence-electron chi connectivity index (χ2n) is 4.90. The molecule has 0 saturated heterocycles. The summed E-state index contributed by atoms with van der Waals surface area (Å²) in [5.74, 6) is -2.20. The lowest BCUT2D eigenvalue weighted by Gasteiger charge is -2.16. The third-order valence-corrected chi connectivity index (χ3v) is 4.23. The molecule has 114 valence electrons. The number of hydrogen-bond acceptors (Lipinski definition) is 2. The molecule has 0 fully saturated rings. The third-order valence-electron chi connectivity index (χ3n) is 3.31. The lowest BCUT2D eigenvalue weighted by molar-refractivity contribution is 0.0684. The SMILES string of the molecule is Cc1cc(Br)cc(C(=O)O)c1-c1c(C)cc(Br)cc1C(=O)O. The molecule has 0 saturated carbocycles. The van der Waals surface area contributed by atoms with Crippen molar-refractivity contribution >= 4 is 43.8 Å². The molecule has 6 heteroatoms. The van der Waals surface area contributed by atoms with Crippen molar-refractivity contribution in [2.75, 3.05) is 0 Å². The summed E-state index contributed by atoms with van der Waals surface area (Å²) < 4.78 is 1.27. The van der Waals surface area contributed by atoms with Crippen LogP contribution in [0.15, 0.2) is 33.2 Å². The predicted octanol–water partition coefficient (Wildman–Crippen LogP) is 4.89. The van der Waals surface area contributed by atoms with Crippen molar-refractivity contribution < 1.29 is 19.8 Å². The van der Waals surface area contributed by atoms with Gasteiger partial charge in [0.15, 0.2) is 0 Å². The minimum atomic E-state index is -1.10. The van der Waals surface area contributed by atoms with Gasteiger partial charge in [-0.1, -0.05) is 31.9 Å². The number of carboxylic acid groups (broad SMARTS) is 2. The summed E-state index contributed by atoms with van der Waals surface area (Å²) in [5.41, 5.74) is 2.38. The molecule has 2 aromatic carbocycles. The van der Waals surface area contributed by atoms with Gasteiger partial charge in [0.25, 0.3) is 0 Å². The maximum absolute atomic E-state index is 11.6. The summed E-state index contributed by atoms with van der Waals surface area (Å²) in [4.78, 5) is 23.2. The summed E-state index contributed by atoms with van der Waals surface area (Å²) in [6.07, 6.45) is 0. The van der Waals surface area contributed by atoms with Gasteiger partial charge in [-0.3, -0.25) is 0 Å². The zero-order chi connectivity index (χ0) is 16.6. The van der Waals surface area contributed by atoms with Crippen molar-refractivity contribution in [3.63, 3.8) is 0 Å². The Morgan fingerprint density at radius 1 is 0.773 bits per heavy atom. The molecule has 0 amide bonds. The van der Waals surface area contributed by atoms with E-state index in [1.165, 1.54) is 12.1 Å². The monoisotopic (exact) mass is 426 g/mol. The van der Waals surface area contributed by atoms with E-state index < -0.39 is 11.9 Å². The molecule has 0 aliphatic heterocycles. The molecular weight excluding hydrogens is 416 g/mol. The average Bonchev–Trinajstić information content (AvgIpc) is 2.38. The number of aromatic carboxylic acids is 2. The van der Waals surface area contributed by atoms with E-state index in [0.717, 1.165) is 0 Å². The largest absolute Gasteiger partial charge is 0.478 e. The van der Waals surface area contributed by atoms with Crippen LogP contribution in [-0.4, -0.2) is 22.2 Å². The Morgan fingerprint density at radius 2 is 1.09 bits per heavy atom. The highest BCUT2D eigenvalue weighted by Gasteiger charge is 2.22. The fourth-order valence-electron chi connectivity index (χ4n) is 2.49. The lowest BCUT2D eigenvalue weighted by Crippen LogP contribution is -2.07. The Morgan fingerprint density at radius 3 is 1.36 bits per heavy atom. The lowest BCUT2D eigenvalue weighted by atomic mass is 9.88. The Kier molecular flexibility index (Phi) is 4.72. The number of halogens is 2. The van der Waals surface area contributed by atoms with Crippen LogP contribution < -0.4 is 0 Å². The van der Waals surface area contributed by atoms with Crippen LogP contribution in [0.4, 0.5) is 0 Å². The van der Waals surface area contributed by atoms with Crippen molar-refractivity contribution in [3.8, 4) is 11.1 Å². The van der Waals surface area contributed by atoms with E-state index in [9.17, 15) is 19.8 Å². The van der Waals surface area contributed by atoms with Gasteiger partial charge in [-0.05, 0) is 49.2 Å². The molecule has 2 N–H and O–H groups in total. The fraction of sp³-hybridized carbons (Fsp3) is 0.125. The summed E-state index contributed by atoms with van der Waals surface area (Å²) in [6, 6.07) is 6.51. The first kappa shape index (κ1) is 16.7. The molecule has 0 radical (unpaired) electrons. The smallest absolute Gasteiger partial charge is 0.336 e. The molecule has 0 bridgehead atoms. The van der Waals surface area contributed by atoms with E-state index in [2.05, 4.69) is 31.9 Å². The summed E-state index contributed by atoms with van der Waals surface area (Å²) in [7, 11) is 0. The van der Waals surface area contributed by atoms with Crippen molar-refractivity contribution in [2.45, 2.75) is 13.8 Å². The van der Waals surface area contributed by atoms with E-state index in [-0.39, 0.29) is 11.1 Å². The Bertz CT molecular complexity index is 730. The first-order chi connectivity index (χ1) is 10.2. The van der Waals surface area contributed by atoms with Gasteiger partial charge in [0.05, 0.1) is 11.1 Å². The van der Waals surface area contributed by atoms with Crippen LogP contribution in [0, 0.1) is 13.8 Å². The van der Waals surface area contributed by atoms with E-state index in [4.69, 9.17) is 0 Å². The van der Waals surface area contributed by atoms with Crippen molar-refractivity contribution in [3.05, 3.63) is 55.5 Å². The Hall–Kier alpha value is -1.66. The summed E-state index contributed by atoms with van der Waals surface area (Å²) >= 11 is 6.56. The highest BCUT2D eigenvalue weighted by atomic mass is 79.9. The zero-order valence-corrected chi connectivity index (χ0v) is 14.9. The number of hydrogen-bond donors (Lipinski definition) is 2. The third kappa shape index (κ3) is 3.08. The van der Waals surface area contributed by atoms with Gasteiger partial charge < -0.3 is 10.2 Å². The van der Waals surface area contributed by atoms with Crippen LogP contribution in [0.1, 0.15) is 31.8 Å². The standard InChI is InChI=1S/C16H12Br2O4/c1-7-3-9(17)5-11(15(19)20)13(7)14-8(2)4-10(18)6-12(14)16(21)22/h3-6H,1-2H3,(H,19,20)(H,21,22). The molecule has 2 rings (SSSR count). The Labute approximate surface area is 144 Å². The molecule has 0 aliphatic rings. The van der Waals surface area contributed by atoms with E-state index in [1.54, 1.807) is 26.0 Å². The quantitative estimate of drug-likeness (QED) is 0.730. The second kappa shape index (κ2) is 6.22. The maximum atomic E-state index is 11.6. The van der Waals surface area contributed by atoms with Crippen LogP contribution in [-0.2, 0) is 0 Å². The van der Waals surface area contributed by atoms with Crippen molar-refractivity contribution in [1.82, 2.24) is 0 Å². The number of carboxylic acids is 2. The van der Waals surface area contributed by atoms with Gasteiger partial charge in [0.2, 0.25) is 0 Å². The molecule has 0 spiro atoms. The van der Waals surface area contributed by atoms with Crippen molar-refractivity contribution in [1.29, 1.82) is 0 Å². The van der Waals surface area contributed by atoms with Gasteiger partial charge in [-0.15, -0.1) is 0 Å². The summed E-state index contributed by atoms with van der Waals surface area (Å²) in [5, 5.41) is 18.9. The van der Waals surface area contributed by atoms with Crippen LogP contribution in [0.3, 0.4) is 0 Å². The predicted molar refractivity (Wildman–Crippen MR) is 90.7 cm³/mol. The first-order valence-electron chi connectivity index (χ1n) is 6.29. The normalized spacial score (nSPS) is 10.5. The van der Waals surface area contributed by atoms with E-state index in [1.807, 2.05) is 0 Å². The number of rotatable bonds is 3. The first-order valence-corrected chi connectivity index (χ1v) is 7.88. The van der Waals surface area contributed by atoms with Gasteiger partial charge in [-0.25, -0.2) is 9.59 Å². The number of carbonyl (C=O) groups is 2. The minimum Gasteiger partial charge on any atom is -0.478 e. The molecule has 0 aromatic heterocycles. The zero-order valence-electron chi connectivity index (χ0n) is 11.8. The van der Waals surface area contributed by atoms with Crippen LogP contribution >= 0.6 is 31.9 Å². The highest BCUT2D eigenvalue weighted by molar-refractivity contribution is 9.10. The number of benzene rings is 2.